The highest BCUT2D eigenvalue weighted by Gasteiger charge is 1.89. The highest BCUT2D eigenvalue weighted by atomic mass is 16.5. The second-order valence-corrected chi connectivity index (χ2v) is 1.89. The predicted molar refractivity (Wildman–Crippen MR) is 44.8 cm³/mol. The lowest BCUT2D eigenvalue weighted by Crippen LogP contribution is -1.99. The number of esters is 1. The molecule has 0 aromatic carbocycles. The molecule has 0 spiro atoms. The lowest BCUT2D eigenvalue weighted by Gasteiger charge is -1.94. The molecule has 0 rings (SSSR count). The summed E-state index contributed by atoms with van der Waals surface area (Å²) < 4.78 is 4.58. The van der Waals surface area contributed by atoms with Crippen molar-refractivity contribution in [3.05, 3.63) is 12.7 Å². The summed E-state index contributed by atoms with van der Waals surface area (Å²) in [7, 11) is 0. The molecule has 0 heterocycles. The van der Waals surface area contributed by atoms with Crippen molar-refractivity contribution in [1.82, 2.24) is 0 Å². The zero-order valence-corrected chi connectivity index (χ0v) is 7.37. The third-order valence-corrected chi connectivity index (χ3v) is 0.615. The average molecular weight is 174 g/mol. The fourth-order valence-electron chi connectivity index (χ4n) is 0.262. The van der Waals surface area contributed by atoms with E-state index in [4.69, 9.17) is 9.90 Å². The maximum absolute atomic E-state index is 10.2. The topological polar surface area (TPSA) is 63.6 Å². The molecule has 0 aliphatic heterocycles. The quantitative estimate of drug-likeness (QED) is 0.516. The van der Waals surface area contributed by atoms with Gasteiger partial charge in [0.15, 0.2) is 0 Å². The van der Waals surface area contributed by atoms with Gasteiger partial charge in [0.25, 0.3) is 5.97 Å². The highest BCUT2D eigenvalue weighted by molar-refractivity contribution is 5.81. The molecule has 0 unspecified atom stereocenters. The molecule has 0 aliphatic rings. The van der Waals surface area contributed by atoms with Crippen LogP contribution in [0.25, 0.3) is 0 Å². The summed E-state index contributed by atoms with van der Waals surface area (Å²) in [6.07, 6.45) is 2.02. The fourth-order valence-corrected chi connectivity index (χ4v) is 0.262. The fraction of sp³-hybridized carbons (Fsp3) is 0.500. The van der Waals surface area contributed by atoms with E-state index in [1.165, 1.54) is 0 Å². The van der Waals surface area contributed by atoms with E-state index in [-0.39, 0.29) is 5.97 Å². The van der Waals surface area contributed by atoms with Gasteiger partial charge in [-0.05, 0) is 6.42 Å². The van der Waals surface area contributed by atoms with Crippen molar-refractivity contribution in [1.29, 1.82) is 0 Å². The molecular weight excluding hydrogens is 160 g/mol. The number of aliphatic carboxylic acids is 1. The van der Waals surface area contributed by atoms with Crippen LogP contribution in [0.15, 0.2) is 12.7 Å². The van der Waals surface area contributed by atoms with Gasteiger partial charge in [-0.1, -0.05) is 13.5 Å². The summed E-state index contributed by atoms with van der Waals surface area (Å²) in [5.41, 5.74) is 0. The molecule has 0 amide bonds. The lowest BCUT2D eigenvalue weighted by molar-refractivity contribution is -0.138. The minimum Gasteiger partial charge on any atom is -0.481 e. The third kappa shape index (κ3) is 23.4. The first kappa shape index (κ1) is 13.3. The van der Waals surface area contributed by atoms with Crippen molar-refractivity contribution in [3.63, 3.8) is 0 Å². The summed E-state index contributed by atoms with van der Waals surface area (Å²) in [6.45, 7) is 6.75. The molecule has 12 heavy (non-hydrogen) atoms. The molecule has 70 valence electrons. The van der Waals surface area contributed by atoms with Crippen molar-refractivity contribution in [2.75, 3.05) is 6.61 Å². The molecule has 0 aromatic heterocycles. The summed E-state index contributed by atoms with van der Waals surface area (Å²) in [4.78, 5) is 19.2. The van der Waals surface area contributed by atoms with Crippen LogP contribution in [0.2, 0.25) is 0 Å². The van der Waals surface area contributed by atoms with Crippen LogP contribution in [-0.4, -0.2) is 23.7 Å². The lowest BCUT2D eigenvalue weighted by atomic mass is 10.5. The molecule has 0 radical (unpaired) electrons. The van der Waals surface area contributed by atoms with E-state index >= 15 is 0 Å². The van der Waals surface area contributed by atoms with E-state index < -0.39 is 5.97 Å². The SMILES string of the molecule is C=CC(=O)OCCC.CC(=O)O. The molecule has 0 aromatic rings. The number of carboxylic acid groups (broad SMARTS) is 1. The number of carbonyl (C=O) groups excluding carboxylic acids is 1. The van der Waals surface area contributed by atoms with Gasteiger partial charge < -0.3 is 9.84 Å². The smallest absolute Gasteiger partial charge is 0.330 e. The van der Waals surface area contributed by atoms with Crippen molar-refractivity contribution < 1.29 is 19.4 Å². The van der Waals surface area contributed by atoms with Gasteiger partial charge in [-0.3, -0.25) is 4.79 Å². The Morgan fingerprint density at radius 3 is 2.25 bits per heavy atom. The Hall–Kier alpha value is -1.32. The predicted octanol–water partition coefficient (Wildman–Crippen LogP) is 1.22. The number of ether oxygens (including phenoxy) is 1. The number of carbonyl (C=O) groups is 2. The summed E-state index contributed by atoms with van der Waals surface area (Å²) in [5, 5.41) is 7.42. The number of hydrogen-bond donors (Lipinski definition) is 1. The van der Waals surface area contributed by atoms with Crippen LogP contribution in [0.3, 0.4) is 0 Å². The van der Waals surface area contributed by atoms with Gasteiger partial charge >= 0.3 is 5.97 Å². The first-order valence-electron chi connectivity index (χ1n) is 3.53. The van der Waals surface area contributed by atoms with Crippen LogP contribution in [0.5, 0.6) is 0 Å². The van der Waals surface area contributed by atoms with Crippen LogP contribution in [0.1, 0.15) is 20.3 Å². The standard InChI is InChI=1S/C6H10O2.C2H4O2/c1-3-5-8-6(7)4-2;1-2(3)4/h4H,2-3,5H2,1H3;1H3,(H,3,4). The maximum atomic E-state index is 10.2. The van der Waals surface area contributed by atoms with Gasteiger partial charge in [-0.2, -0.15) is 0 Å². The molecule has 4 heteroatoms. The maximum Gasteiger partial charge on any atom is 0.330 e. The summed E-state index contributed by atoms with van der Waals surface area (Å²) >= 11 is 0. The summed E-state index contributed by atoms with van der Waals surface area (Å²) in [6, 6.07) is 0. The van der Waals surface area contributed by atoms with E-state index in [0.29, 0.717) is 6.61 Å². The third-order valence-electron chi connectivity index (χ3n) is 0.615. The van der Waals surface area contributed by atoms with E-state index in [0.717, 1.165) is 19.4 Å². The van der Waals surface area contributed by atoms with Gasteiger partial charge in [-0.15, -0.1) is 0 Å². The van der Waals surface area contributed by atoms with Crippen molar-refractivity contribution >= 4 is 11.9 Å². The molecule has 0 fully saturated rings. The Morgan fingerprint density at radius 1 is 1.58 bits per heavy atom. The second kappa shape index (κ2) is 9.68. The minimum absolute atomic E-state index is 0.341. The van der Waals surface area contributed by atoms with Crippen LogP contribution < -0.4 is 0 Å². The molecule has 0 saturated heterocycles. The minimum atomic E-state index is -0.833. The van der Waals surface area contributed by atoms with Crippen LogP contribution in [-0.2, 0) is 14.3 Å². The van der Waals surface area contributed by atoms with Crippen LogP contribution in [0, 0.1) is 0 Å². The number of rotatable bonds is 3. The van der Waals surface area contributed by atoms with Crippen molar-refractivity contribution in [2.45, 2.75) is 20.3 Å². The van der Waals surface area contributed by atoms with Gasteiger partial charge in [0, 0.05) is 13.0 Å². The zero-order chi connectivity index (χ0) is 9.98. The molecule has 4 nitrogen and oxygen atoms in total. The number of hydrogen-bond acceptors (Lipinski definition) is 3. The van der Waals surface area contributed by atoms with Gasteiger partial charge in [0.1, 0.15) is 0 Å². The van der Waals surface area contributed by atoms with E-state index in [2.05, 4.69) is 11.3 Å². The Labute approximate surface area is 71.8 Å². The first-order chi connectivity index (χ1) is 5.54. The Morgan fingerprint density at radius 2 is 2.00 bits per heavy atom. The van der Waals surface area contributed by atoms with Crippen LogP contribution in [0.4, 0.5) is 0 Å². The van der Waals surface area contributed by atoms with Crippen LogP contribution >= 0.6 is 0 Å². The Balaban J connectivity index is 0. The molecule has 0 saturated carbocycles. The van der Waals surface area contributed by atoms with Crippen molar-refractivity contribution in [3.8, 4) is 0 Å². The highest BCUT2D eigenvalue weighted by Crippen LogP contribution is 1.81. The Kier molecular flexibility index (Phi) is 10.7. The Bertz CT molecular complexity index is 147. The largest absolute Gasteiger partial charge is 0.481 e. The summed E-state index contributed by atoms with van der Waals surface area (Å²) in [5.74, 6) is -1.17. The second-order valence-electron chi connectivity index (χ2n) is 1.89. The molecular formula is C8H14O4. The van der Waals surface area contributed by atoms with Gasteiger partial charge in [0.05, 0.1) is 6.61 Å². The van der Waals surface area contributed by atoms with E-state index in [1.807, 2.05) is 6.92 Å². The van der Waals surface area contributed by atoms with Crippen molar-refractivity contribution in [2.24, 2.45) is 0 Å². The molecule has 0 bridgehead atoms. The monoisotopic (exact) mass is 174 g/mol. The average Bonchev–Trinajstić information content (AvgIpc) is 1.99. The van der Waals surface area contributed by atoms with Gasteiger partial charge in [-0.25, -0.2) is 4.79 Å². The van der Waals surface area contributed by atoms with E-state index in [9.17, 15) is 4.79 Å². The number of carboxylic acids is 1. The molecule has 1 N–H and O–H groups in total. The van der Waals surface area contributed by atoms with Gasteiger partial charge in [0.2, 0.25) is 0 Å². The molecule has 0 aliphatic carbocycles. The first-order valence-corrected chi connectivity index (χ1v) is 3.53. The van der Waals surface area contributed by atoms with E-state index in [1.54, 1.807) is 0 Å². The zero-order valence-electron chi connectivity index (χ0n) is 7.37. The normalized spacial score (nSPS) is 7.50. The molecule has 0 atom stereocenters.